The molecule has 0 amide bonds. The van der Waals surface area contributed by atoms with E-state index < -0.39 is 22.7 Å². The van der Waals surface area contributed by atoms with E-state index in [2.05, 4.69) is 14.9 Å². The van der Waals surface area contributed by atoms with Gasteiger partial charge < -0.3 is 9.67 Å². The van der Waals surface area contributed by atoms with E-state index in [1.165, 1.54) is 17.7 Å². The van der Waals surface area contributed by atoms with Crippen molar-refractivity contribution in [2.24, 2.45) is 7.05 Å². The molecule has 2 aromatic heterocycles. The largest absolute Gasteiger partial charge is 0.394 e. The van der Waals surface area contributed by atoms with Gasteiger partial charge in [0.05, 0.1) is 6.61 Å². The molecule has 0 aliphatic carbocycles. The number of aromatic nitrogens is 3. The smallest absolute Gasteiger partial charge is 0.250 e. The van der Waals surface area contributed by atoms with Gasteiger partial charge in [-0.1, -0.05) is 20.8 Å². The molecule has 0 fully saturated rings. The summed E-state index contributed by atoms with van der Waals surface area (Å²) in [5.74, 6) is 0.360. The van der Waals surface area contributed by atoms with Crippen LogP contribution in [0.15, 0.2) is 22.7 Å². The molecule has 1 atom stereocenters. The fourth-order valence-corrected chi connectivity index (χ4v) is 4.46. The summed E-state index contributed by atoms with van der Waals surface area (Å²) < 4.78 is 29.2. The first-order chi connectivity index (χ1) is 10.1. The second-order valence-corrected chi connectivity index (χ2v) is 9.05. The minimum atomic E-state index is -3.73. The molecular formula is C13H20N4O3S2. The predicted octanol–water partition coefficient (Wildman–Crippen LogP) is 1.19. The third kappa shape index (κ3) is 3.54. The zero-order valence-electron chi connectivity index (χ0n) is 12.9. The quantitative estimate of drug-likeness (QED) is 0.849. The Hall–Kier alpha value is -1.29. The Balaban J connectivity index is 2.27. The highest BCUT2D eigenvalue weighted by atomic mass is 32.2. The lowest BCUT2D eigenvalue weighted by molar-refractivity contribution is 0.251. The molecule has 2 heterocycles. The Morgan fingerprint density at radius 1 is 1.41 bits per heavy atom. The van der Waals surface area contributed by atoms with Crippen LogP contribution < -0.4 is 4.72 Å². The third-order valence-electron chi connectivity index (χ3n) is 3.12. The number of nitrogens with one attached hydrogen (secondary N) is 1. The number of sulfonamides is 1. The molecule has 0 aromatic carbocycles. The van der Waals surface area contributed by atoms with Crippen LogP contribution in [0.4, 0.5) is 0 Å². The summed E-state index contributed by atoms with van der Waals surface area (Å²) in [6, 6.07) is 2.56. The molecule has 0 saturated heterocycles. The summed E-state index contributed by atoms with van der Waals surface area (Å²) in [5, 5.41) is 17.0. The van der Waals surface area contributed by atoms with Gasteiger partial charge in [0.15, 0.2) is 5.82 Å². The van der Waals surface area contributed by atoms with Crippen LogP contribution in [0.25, 0.3) is 0 Å². The van der Waals surface area contributed by atoms with E-state index in [1.807, 2.05) is 26.8 Å². The van der Waals surface area contributed by atoms with Crippen LogP contribution in [0.2, 0.25) is 0 Å². The highest BCUT2D eigenvalue weighted by Crippen LogP contribution is 2.32. The number of aliphatic hydroxyl groups excluding tert-OH is 1. The minimum Gasteiger partial charge on any atom is -0.394 e. The van der Waals surface area contributed by atoms with E-state index >= 15 is 0 Å². The molecule has 0 aliphatic rings. The highest BCUT2D eigenvalue weighted by molar-refractivity contribution is 7.91. The number of hydrogen-bond acceptors (Lipinski definition) is 6. The topological polar surface area (TPSA) is 97.1 Å². The maximum atomic E-state index is 12.5. The van der Waals surface area contributed by atoms with Crippen LogP contribution in [-0.2, 0) is 22.5 Å². The van der Waals surface area contributed by atoms with Gasteiger partial charge in [-0.05, 0) is 17.5 Å². The zero-order chi connectivity index (χ0) is 16.5. The zero-order valence-corrected chi connectivity index (χ0v) is 14.6. The maximum absolute atomic E-state index is 12.5. The van der Waals surface area contributed by atoms with Crippen molar-refractivity contribution in [1.29, 1.82) is 0 Å². The Morgan fingerprint density at radius 3 is 2.55 bits per heavy atom. The lowest BCUT2D eigenvalue weighted by atomic mass is 9.95. The lowest BCUT2D eigenvalue weighted by Gasteiger charge is -2.16. The predicted molar refractivity (Wildman–Crippen MR) is 84.2 cm³/mol. The average molecular weight is 344 g/mol. The van der Waals surface area contributed by atoms with Crippen molar-refractivity contribution in [2.45, 2.75) is 36.4 Å². The van der Waals surface area contributed by atoms with Crippen LogP contribution in [0.5, 0.6) is 0 Å². The SMILES string of the molecule is Cn1cnnc1C(CO)NS(=O)(=O)c1ccc(C(C)(C)C)s1. The Kier molecular flexibility index (Phi) is 4.71. The summed E-state index contributed by atoms with van der Waals surface area (Å²) in [7, 11) is -2.04. The van der Waals surface area contributed by atoms with E-state index in [4.69, 9.17) is 0 Å². The van der Waals surface area contributed by atoms with Crippen molar-refractivity contribution < 1.29 is 13.5 Å². The number of aliphatic hydroxyl groups is 1. The maximum Gasteiger partial charge on any atom is 0.250 e. The van der Waals surface area contributed by atoms with Gasteiger partial charge in [0.25, 0.3) is 10.0 Å². The second kappa shape index (κ2) is 6.07. The molecule has 1 unspecified atom stereocenters. The second-order valence-electron chi connectivity index (χ2n) is 6.03. The van der Waals surface area contributed by atoms with Gasteiger partial charge in [0.2, 0.25) is 0 Å². The lowest BCUT2D eigenvalue weighted by Crippen LogP contribution is -2.32. The molecule has 2 aromatic rings. The number of rotatable bonds is 5. The average Bonchev–Trinajstić information content (AvgIpc) is 3.04. The van der Waals surface area contributed by atoms with Crippen LogP contribution in [-0.4, -0.2) is 34.9 Å². The summed E-state index contributed by atoms with van der Waals surface area (Å²) in [6.45, 7) is 5.68. The molecule has 2 rings (SSSR count). The molecule has 22 heavy (non-hydrogen) atoms. The standard InChI is InChI=1S/C13H20N4O3S2/c1-13(2,3)10-5-6-11(21-10)22(19,20)16-9(7-18)12-15-14-8-17(12)4/h5-6,8-9,16,18H,7H2,1-4H3. The molecule has 2 N–H and O–H groups in total. The van der Waals surface area contributed by atoms with E-state index in [-0.39, 0.29) is 9.62 Å². The van der Waals surface area contributed by atoms with Gasteiger partial charge >= 0.3 is 0 Å². The molecule has 9 heteroatoms. The first-order valence-corrected chi connectivity index (χ1v) is 9.02. The van der Waals surface area contributed by atoms with E-state index in [9.17, 15) is 13.5 Å². The molecule has 122 valence electrons. The molecular weight excluding hydrogens is 324 g/mol. The fraction of sp³-hybridized carbons (Fsp3) is 0.538. The van der Waals surface area contributed by atoms with Gasteiger partial charge in [0, 0.05) is 11.9 Å². The van der Waals surface area contributed by atoms with Crippen molar-refractivity contribution >= 4 is 21.4 Å². The normalized spacial score (nSPS) is 14.2. The molecule has 7 nitrogen and oxygen atoms in total. The first kappa shape index (κ1) is 17.1. The van der Waals surface area contributed by atoms with Crippen LogP contribution in [0.3, 0.4) is 0 Å². The monoisotopic (exact) mass is 344 g/mol. The highest BCUT2D eigenvalue weighted by Gasteiger charge is 2.27. The van der Waals surface area contributed by atoms with Crippen LogP contribution in [0.1, 0.15) is 37.5 Å². The van der Waals surface area contributed by atoms with Crippen LogP contribution >= 0.6 is 11.3 Å². The van der Waals surface area contributed by atoms with Crippen molar-refractivity contribution in [3.05, 3.63) is 29.2 Å². The molecule has 0 spiro atoms. The van der Waals surface area contributed by atoms with Gasteiger partial charge in [-0.3, -0.25) is 0 Å². The van der Waals surface area contributed by atoms with Crippen molar-refractivity contribution in [1.82, 2.24) is 19.5 Å². The van der Waals surface area contributed by atoms with Crippen LogP contribution in [0, 0.1) is 0 Å². The van der Waals surface area contributed by atoms with Gasteiger partial charge in [0.1, 0.15) is 16.6 Å². The summed E-state index contributed by atoms with van der Waals surface area (Å²) >= 11 is 1.23. The van der Waals surface area contributed by atoms with Crippen molar-refractivity contribution in [3.63, 3.8) is 0 Å². The summed E-state index contributed by atoms with van der Waals surface area (Å²) in [6.07, 6.45) is 1.45. The Morgan fingerprint density at radius 2 is 2.09 bits per heavy atom. The summed E-state index contributed by atoms with van der Waals surface area (Å²) in [4.78, 5) is 0.979. The Bertz CT molecular complexity index is 743. The molecule has 0 radical (unpaired) electrons. The molecule has 0 aliphatic heterocycles. The first-order valence-electron chi connectivity index (χ1n) is 6.72. The van der Waals surface area contributed by atoms with E-state index in [0.29, 0.717) is 5.82 Å². The fourth-order valence-electron chi connectivity index (χ4n) is 1.89. The molecule has 0 bridgehead atoms. The number of aryl methyl sites for hydroxylation is 1. The third-order valence-corrected chi connectivity index (χ3v) is 6.60. The number of nitrogens with zero attached hydrogens (tertiary/aromatic N) is 3. The van der Waals surface area contributed by atoms with Crippen molar-refractivity contribution in [2.75, 3.05) is 6.61 Å². The van der Waals surface area contributed by atoms with Gasteiger partial charge in [-0.2, -0.15) is 4.72 Å². The van der Waals surface area contributed by atoms with E-state index in [1.54, 1.807) is 17.7 Å². The summed E-state index contributed by atoms with van der Waals surface area (Å²) in [5.41, 5.74) is -0.113. The number of thiophene rings is 1. The van der Waals surface area contributed by atoms with E-state index in [0.717, 1.165) is 4.88 Å². The number of hydrogen-bond donors (Lipinski definition) is 2. The minimum absolute atomic E-state index is 0.113. The van der Waals surface area contributed by atoms with Crippen molar-refractivity contribution in [3.8, 4) is 0 Å². The molecule has 0 saturated carbocycles. The van der Waals surface area contributed by atoms with Gasteiger partial charge in [-0.15, -0.1) is 21.5 Å². The Labute approximate surface area is 134 Å². The van der Waals surface area contributed by atoms with Gasteiger partial charge in [-0.25, -0.2) is 8.42 Å².